The summed E-state index contributed by atoms with van der Waals surface area (Å²) in [6.07, 6.45) is 2.38. The monoisotopic (exact) mass is 353 g/mol. The average Bonchev–Trinajstić information content (AvgIpc) is 3.12. The smallest absolute Gasteiger partial charge is 0.317 e. The van der Waals surface area contributed by atoms with Crippen LogP contribution < -0.4 is 5.32 Å². The van der Waals surface area contributed by atoms with Gasteiger partial charge in [0.1, 0.15) is 6.33 Å². The highest BCUT2D eigenvalue weighted by atomic mass is 32.2. The SMILES string of the molecule is CC(C)Cc1nc(CN(C)C(=O)NCCSc2nncn2C)no1. The zero-order valence-electron chi connectivity index (χ0n) is 14.4. The summed E-state index contributed by atoms with van der Waals surface area (Å²) in [5.74, 6) is 2.28. The van der Waals surface area contributed by atoms with Crippen LogP contribution in [0.2, 0.25) is 0 Å². The van der Waals surface area contributed by atoms with Crippen LogP contribution in [0.1, 0.15) is 25.6 Å². The molecule has 24 heavy (non-hydrogen) atoms. The largest absolute Gasteiger partial charge is 0.339 e. The summed E-state index contributed by atoms with van der Waals surface area (Å²) in [6.45, 7) is 5.01. The molecule has 9 nitrogen and oxygen atoms in total. The number of amides is 2. The molecule has 0 aliphatic heterocycles. The number of nitrogens with zero attached hydrogens (tertiary/aromatic N) is 6. The summed E-state index contributed by atoms with van der Waals surface area (Å²) >= 11 is 1.54. The topological polar surface area (TPSA) is 102 Å². The van der Waals surface area contributed by atoms with Crippen molar-refractivity contribution in [2.24, 2.45) is 13.0 Å². The van der Waals surface area contributed by atoms with Crippen LogP contribution in [0.3, 0.4) is 0 Å². The molecule has 2 aromatic heterocycles. The molecule has 2 aromatic rings. The zero-order chi connectivity index (χ0) is 17.5. The standard InChI is InChI=1S/C14H23N7O2S/c1-10(2)7-12-17-11(19-23-12)8-20(3)13(22)15-5-6-24-14-18-16-9-21(14)4/h9-10H,5-8H2,1-4H3,(H,15,22). The number of aryl methyl sites for hydroxylation is 1. The van der Waals surface area contributed by atoms with Gasteiger partial charge in [0.05, 0.1) is 6.54 Å². The van der Waals surface area contributed by atoms with Gasteiger partial charge in [0.25, 0.3) is 0 Å². The summed E-state index contributed by atoms with van der Waals surface area (Å²) in [5.41, 5.74) is 0. The minimum atomic E-state index is -0.177. The van der Waals surface area contributed by atoms with Gasteiger partial charge in [-0.05, 0) is 5.92 Å². The van der Waals surface area contributed by atoms with Gasteiger partial charge >= 0.3 is 6.03 Å². The number of carbonyl (C=O) groups excluding carboxylic acids is 1. The highest BCUT2D eigenvalue weighted by Gasteiger charge is 2.14. The third-order valence-corrected chi connectivity index (χ3v) is 4.13. The molecular formula is C14H23N7O2S. The Bertz CT molecular complexity index is 655. The van der Waals surface area contributed by atoms with Gasteiger partial charge in [-0.2, -0.15) is 4.98 Å². The van der Waals surface area contributed by atoms with Gasteiger partial charge in [-0.1, -0.05) is 30.8 Å². The van der Waals surface area contributed by atoms with Gasteiger partial charge in [-0.25, -0.2) is 4.79 Å². The van der Waals surface area contributed by atoms with E-state index in [1.807, 2.05) is 11.6 Å². The maximum absolute atomic E-state index is 12.0. The molecule has 0 saturated carbocycles. The third kappa shape index (κ3) is 5.52. The van der Waals surface area contributed by atoms with Crippen molar-refractivity contribution in [2.45, 2.75) is 32.0 Å². The van der Waals surface area contributed by atoms with Crippen molar-refractivity contribution in [1.29, 1.82) is 0 Å². The Hall–Kier alpha value is -2.10. The van der Waals surface area contributed by atoms with Gasteiger partial charge < -0.3 is 19.3 Å². The molecular weight excluding hydrogens is 330 g/mol. The average molecular weight is 353 g/mol. The van der Waals surface area contributed by atoms with Gasteiger partial charge in [0, 0.05) is 32.8 Å². The van der Waals surface area contributed by atoms with Crippen molar-refractivity contribution in [3.63, 3.8) is 0 Å². The van der Waals surface area contributed by atoms with Gasteiger partial charge in [0.15, 0.2) is 11.0 Å². The summed E-state index contributed by atoms with van der Waals surface area (Å²) in [7, 11) is 3.58. The molecule has 0 atom stereocenters. The van der Waals surface area contributed by atoms with Crippen molar-refractivity contribution in [3.8, 4) is 0 Å². The second-order valence-electron chi connectivity index (χ2n) is 5.86. The zero-order valence-corrected chi connectivity index (χ0v) is 15.2. The van der Waals surface area contributed by atoms with Crippen LogP contribution in [0, 0.1) is 5.92 Å². The molecule has 10 heteroatoms. The molecule has 0 radical (unpaired) electrons. The van der Waals surface area contributed by atoms with Crippen molar-refractivity contribution in [3.05, 3.63) is 18.0 Å². The van der Waals surface area contributed by atoms with E-state index < -0.39 is 0 Å². The summed E-state index contributed by atoms with van der Waals surface area (Å²) < 4.78 is 7.01. The second-order valence-corrected chi connectivity index (χ2v) is 6.93. The molecule has 0 aliphatic carbocycles. The number of rotatable bonds is 8. The van der Waals surface area contributed by atoms with Gasteiger partial charge in [-0.3, -0.25) is 0 Å². The number of aromatic nitrogens is 5. The van der Waals surface area contributed by atoms with E-state index in [0.717, 1.165) is 11.6 Å². The lowest BCUT2D eigenvalue weighted by Gasteiger charge is -2.15. The van der Waals surface area contributed by atoms with Crippen LogP contribution in [0.25, 0.3) is 0 Å². The summed E-state index contributed by atoms with van der Waals surface area (Å²) in [4.78, 5) is 17.9. The first-order chi connectivity index (χ1) is 11.5. The van der Waals surface area contributed by atoms with E-state index in [0.29, 0.717) is 36.5 Å². The Balaban J connectivity index is 1.70. The molecule has 0 aliphatic rings. The van der Waals surface area contributed by atoms with Gasteiger partial charge in [0.2, 0.25) is 5.89 Å². The quantitative estimate of drug-likeness (QED) is 0.564. The molecule has 0 saturated heterocycles. The summed E-state index contributed by atoms with van der Waals surface area (Å²) in [5, 5.41) is 15.3. The lowest BCUT2D eigenvalue weighted by atomic mass is 10.1. The number of thioether (sulfide) groups is 1. The normalized spacial score (nSPS) is 11.0. The Labute approximate surface area is 145 Å². The fraction of sp³-hybridized carbons (Fsp3) is 0.643. The predicted molar refractivity (Wildman–Crippen MR) is 89.4 cm³/mol. The Morgan fingerprint density at radius 2 is 2.29 bits per heavy atom. The van der Waals surface area contributed by atoms with E-state index >= 15 is 0 Å². The van der Waals surface area contributed by atoms with E-state index in [9.17, 15) is 4.79 Å². The van der Waals surface area contributed by atoms with E-state index in [-0.39, 0.29) is 6.03 Å². The predicted octanol–water partition coefficient (Wildman–Crippen LogP) is 1.33. The first-order valence-corrected chi connectivity index (χ1v) is 8.71. The first-order valence-electron chi connectivity index (χ1n) is 7.73. The molecule has 1 N–H and O–H groups in total. The number of carbonyl (C=O) groups is 1. The number of nitrogens with one attached hydrogen (secondary N) is 1. The number of urea groups is 1. The molecule has 0 unspecified atom stereocenters. The maximum atomic E-state index is 12.0. The lowest BCUT2D eigenvalue weighted by molar-refractivity contribution is 0.206. The molecule has 2 heterocycles. The molecule has 0 fully saturated rings. The first kappa shape index (κ1) is 18.2. The van der Waals surface area contributed by atoms with Crippen molar-refractivity contribution in [1.82, 2.24) is 35.1 Å². The second kappa shape index (κ2) is 8.67. The van der Waals surface area contributed by atoms with Crippen LogP contribution >= 0.6 is 11.8 Å². The molecule has 0 spiro atoms. The highest BCUT2D eigenvalue weighted by Crippen LogP contribution is 2.12. The lowest BCUT2D eigenvalue weighted by Crippen LogP contribution is -2.38. The Morgan fingerprint density at radius 3 is 2.96 bits per heavy atom. The van der Waals surface area contributed by atoms with Crippen LogP contribution in [0.5, 0.6) is 0 Å². The molecule has 0 bridgehead atoms. The van der Waals surface area contributed by atoms with Crippen molar-refractivity contribution < 1.29 is 9.32 Å². The minimum absolute atomic E-state index is 0.177. The van der Waals surface area contributed by atoms with E-state index in [4.69, 9.17) is 4.52 Å². The van der Waals surface area contributed by atoms with Crippen LogP contribution in [0.4, 0.5) is 4.79 Å². The molecule has 132 valence electrons. The Kier molecular flexibility index (Phi) is 6.59. The highest BCUT2D eigenvalue weighted by molar-refractivity contribution is 7.99. The minimum Gasteiger partial charge on any atom is -0.339 e. The van der Waals surface area contributed by atoms with E-state index in [1.165, 1.54) is 16.7 Å². The van der Waals surface area contributed by atoms with E-state index in [2.05, 4.69) is 39.5 Å². The Morgan fingerprint density at radius 1 is 1.50 bits per heavy atom. The molecule has 0 aromatic carbocycles. The fourth-order valence-electron chi connectivity index (χ4n) is 1.91. The van der Waals surface area contributed by atoms with Crippen molar-refractivity contribution >= 4 is 17.8 Å². The maximum Gasteiger partial charge on any atom is 0.317 e. The fourth-order valence-corrected chi connectivity index (χ4v) is 2.65. The third-order valence-electron chi connectivity index (χ3n) is 3.10. The van der Waals surface area contributed by atoms with Gasteiger partial charge in [-0.15, -0.1) is 10.2 Å². The molecule has 2 amide bonds. The van der Waals surface area contributed by atoms with Crippen LogP contribution in [-0.4, -0.2) is 55.2 Å². The van der Waals surface area contributed by atoms with Crippen LogP contribution in [-0.2, 0) is 20.0 Å². The molecule has 2 rings (SSSR count). The van der Waals surface area contributed by atoms with Crippen LogP contribution in [0.15, 0.2) is 16.0 Å². The van der Waals surface area contributed by atoms with E-state index in [1.54, 1.807) is 13.4 Å². The number of hydrogen-bond donors (Lipinski definition) is 1. The van der Waals surface area contributed by atoms with Crippen molar-refractivity contribution in [2.75, 3.05) is 19.3 Å². The number of hydrogen-bond acceptors (Lipinski definition) is 7. The summed E-state index contributed by atoms with van der Waals surface area (Å²) in [6, 6.07) is -0.177.